The highest BCUT2D eigenvalue weighted by molar-refractivity contribution is 7.80. The van der Waals surface area contributed by atoms with E-state index < -0.39 is 0 Å². The average molecular weight is 304 g/mol. The van der Waals surface area contributed by atoms with Crippen LogP contribution in [0.1, 0.15) is 43.0 Å². The van der Waals surface area contributed by atoms with Crippen LogP contribution in [0.5, 0.6) is 0 Å². The molecule has 21 heavy (non-hydrogen) atoms. The minimum atomic E-state index is 0.443. The molecule has 1 unspecified atom stereocenters. The van der Waals surface area contributed by atoms with Crippen molar-refractivity contribution in [3.05, 3.63) is 22.9 Å². The third kappa shape index (κ3) is 3.19. The van der Waals surface area contributed by atoms with Gasteiger partial charge in [-0.3, -0.25) is 0 Å². The Morgan fingerprint density at radius 1 is 1.48 bits per heavy atom. The number of thiocarbonyl (C=S) groups is 1. The molecule has 0 amide bonds. The Bertz CT molecular complexity index is 543. The molecule has 1 aromatic heterocycles. The van der Waals surface area contributed by atoms with Gasteiger partial charge in [0.1, 0.15) is 10.8 Å². The summed E-state index contributed by atoms with van der Waals surface area (Å²) in [5.74, 6) is 0.895. The number of nitrogens with zero attached hydrogens (tertiary/aromatic N) is 2. The summed E-state index contributed by atoms with van der Waals surface area (Å²) < 4.78 is 0. The molecule has 5 heteroatoms. The molecule has 2 aliphatic rings. The molecule has 0 aromatic carbocycles. The van der Waals surface area contributed by atoms with Crippen molar-refractivity contribution in [3.63, 3.8) is 0 Å². The molecule has 1 aliphatic carbocycles. The van der Waals surface area contributed by atoms with E-state index in [9.17, 15) is 0 Å². The van der Waals surface area contributed by atoms with Crippen molar-refractivity contribution >= 4 is 23.0 Å². The molecule has 1 aliphatic heterocycles. The van der Waals surface area contributed by atoms with Crippen LogP contribution >= 0.6 is 12.2 Å². The van der Waals surface area contributed by atoms with Crippen LogP contribution in [-0.4, -0.2) is 40.5 Å². The number of hydrogen-bond donors (Lipinski definition) is 2. The highest BCUT2D eigenvalue weighted by atomic mass is 32.1. The van der Waals surface area contributed by atoms with Crippen LogP contribution < -0.4 is 11.1 Å². The number of aryl methyl sites for hydroxylation is 2. The maximum absolute atomic E-state index is 5.91. The van der Waals surface area contributed by atoms with Crippen LogP contribution in [0.15, 0.2) is 6.07 Å². The van der Waals surface area contributed by atoms with Crippen LogP contribution in [0, 0.1) is 0 Å². The van der Waals surface area contributed by atoms with Crippen molar-refractivity contribution in [2.75, 3.05) is 25.0 Å². The first kappa shape index (κ1) is 14.7. The van der Waals surface area contributed by atoms with Gasteiger partial charge >= 0.3 is 0 Å². The number of rotatable bonds is 4. The Balaban J connectivity index is 1.82. The van der Waals surface area contributed by atoms with E-state index in [0.29, 0.717) is 11.0 Å². The average Bonchev–Trinajstić information content (AvgIpc) is 2.93. The summed E-state index contributed by atoms with van der Waals surface area (Å²) in [6.07, 6.45) is 5.79. The molecule has 3 N–H and O–H groups in total. The van der Waals surface area contributed by atoms with Gasteiger partial charge in [0.15, 0.2) is 0 Å². The summed E-state index contributed by atoms with van der Waals surface area (Å²) in [7, 11) is 0. The number of fused-ring (bicyclic) bond motifs is 1. The Kier molecular flexibility index (Phi) is 4.40. The molecule has 0 saturated carbocycles. The Morgan fingerprint density at radius 3 is 3.10 bits per heavy atom. The first-order chi connectivity index (χ1) is 10.2. The quantitative estimate of drug-likeness (QED) is 0.834. The molecular weight excluding hydrogens is 280 g/mol. The molecule has 114 valence electrons. The monoisotopic (exact) mass is 304 g/mol. The van der Waals surface area contributed by atoms with E-state index in [1.54, 1.807) is 0 Å². The minimum absolute atomic E-state index is 0.443. The number of nitrogens with one attached hydrogen (secondary N) is 1. The van der Waals surface area contributed by atoms with E-state index in [1.807, 2.05) is 0 Å². The first-order valence-corrected chi connectivity index (χ1v) is 8.39. The lowest BCUT2D eigenvalue weighted by Crippen LogP contribution is -2.42. The molecule has 3 rings (SSSR count). The van der Waals surface area contributed by atoms with Gasteiger partial charge in [0, 0.05) is 18.3 Å². The molecule has 1 fully saturated rings. The lowest BCUT2D eigenvalue weighted by molar-refractivity contribution is 0.226. The number of likely N-dealkylation sites (tertiary alicyclic amines) is 1. The Labute approximate surface area is 132 Å². The SMILES string of the molecule is CCN1CCCC(Nc2nc3c(cc2C(N)=S)CCC3)C1. The molecule has 0 radical (unpaired) electrons. The van der Waals surface area contributed by atoms with Crippen LogP contribution in [0.2, 0.25) is 0 Å². The largest absolute Gasteiger partial charge is 0.389 e. The number of pyridine rings is 1. The highest BCUT2D eigenvalue weighted by Gasteiger charge is 2.22. The first-order valence-electron chi connectivity index (χ1n) is 7.99. The van der Waals surface area contributed by atoms with Crippen molar-refractivity contribution in [2.24, 2.45) is 5.73 Å². The van der Waals surface area contributed by atoms with Gasteiger partial charge in [-0.15, -0.1) is 0 Å². The van der Waals surface area contributed by atoms with Gasteiger partial charge in [0.25, 0.3) is 0 Å². The van der Waals surface area contributed by atoms with Crippen molar-refractivity contribution in [1.82, 2.24) is 9.88 Å². The highest BCUT2D eigenvalue weighted by Crippen LogP contribution is 2.26. The van der Waals surface area contributed by atoms with Crippen molar-refractivity contribution < 1.29 is 0 Å². The van der Waals surface area contributed by atoms with Gasteiger partial charge < -0.3 is 16.0 Å². The molecule has 0 bridgehead atoms. The lowest BCUT2D eigenvalue weighted by Gasteiger charge is -2.33. The smallest absolute Gasteiger partial charge is 0.136 e. The van der Waals surface area contributed by atoms with Gasteiger partial charge in [-0.25, -0.2) is 4.98 Å². The number of aromatic nitrogens is 1. The molecule has 1 atom stereocenters. The second kappa shape index (κ2) is 6.28. The molecule has 2 heterocycles. The number of nitrogens with two attached hydrogens (primary N) is 1. The Hall–Kier alpha value is -1.20. The minimum Gasteiger partial charge on any atom is -0.389 e. The predicted molar refractivity (Wildman–Crippen MR) is 90.9 cm³/mol. The van der Waals surface area contributed by atoms with E-state index in [-0.39, 0.29) is 0 Å². The zero-order valence-corrected chi connectivity index (χ0v) is 13.5. The molecule has 1 saturated heterocycles. The lowest BCUT2D eigenvalue weighted by atomic mass is 10.0. The van der Waals surface area contributed by atoms with E-state index in [1.165, 1.54) is 37.1 Å². The molecule has 1 aromatic rings. The van der Waals surface area contributed by atoms with Crippen LogP contribution in [0.4, 0.5) is 5.82 Å². The van der Waals surface area contributed by atoms with Crippen molar-refractivity contribution in [2.45, 2.75) is 45.1 Å². The second-order valence-corrected chi connectivity index (χ2v) is 6.52. The summed E-state index contributed by atoms with van der Waals surface area (Å²) in [5.41, 5.74) is 9.37. The van der Waals surface area contributed by atoms with Crippen molar-refractivity contribution in [1.29, 1.82) is 0 Å². The standard InChI is InChI=1S/C16H24N4S/c1-2-20-8-4-6-12(10-20)18-16-13(15(17)21)9-11-5-3-7-14(11)19-16/h9,12H,2-8,10H2,1H3,(H2,17,21)(H,18,19). The number of piperidine rings is 1. The van der Waals surface area contributed by atoms with Crippen LogP contribution in [0.25, 0.3) is 0 Å². The van der Waals surface area contributed by atoms with E-state index in [2.05, 4.69) is 23.2 Å². The van der Waals surface area contributed by atoms with E-state index >= 15 is 0 Å². The number of likely N-dealkylation sites (N-methyl/N-ethyl adjacent to an activating group) is 1. The Morgan fingerprint density at radius 2 is 2.33 bits per heavy atom. The zero-order valence-electron chi connectivity index (χ0n) is 12.7. The van der Waals surface area contributed by atoms with Crippen molar-refractivity contribution in [3.8, 4) is 0 Å². The third-order valence-electron chi connectivity index (χ3n) is 4.61. The van der Waals surface area contributed by atoms with Gasteiger partial charge in [0.05, 0.1) is 5.56 Å². The maximum Gasteiger partial charge on any atom is 0.136 e. The van der Waals surface area contributed by atoms with Gasteiger partial charge in [-0.05, 0) is 56.8 Å². The zero-order chi connectivity index (χ0) is 14.8. The van der Waals surface area contributed by atoms with Crippen LogP contribution in [-0.2, 0) is 12.8 Å². The number of hydrogen-bond acceptors (Lipinski definition) is 4. The second-order valence-electron chi connectivity index (χ2n) is 6.08. The topological polar surface area (TPSA) is 54.2 Å². The molecular formula is C16H24N4S. The summed E-state index contributed by atoms with van der Waals surface area (Å²) in [6, 6.07) is 2.60. The summed E-state index contributed by atoms with van der Waals surface area (Å²) >= 11 is 5.22. The van der Waals surface area contributed by atoms with E-state index in [0.717, 1.165) is 37.3 Å². The van der Waals surface area contributed by atoms with Gasteiger partial charge in [-0.2, -0.15) is 0 Å². The van der Waals surface area contributed by atoms with Gasteiger partial charge in [0.2, 0.25) is 0 Å². The van der Waals surface area contributed by atoms with Gasteiger partial charge in [-0.1, -0.05) is 19.1 Å². The third-order valence-corrected chi connectivity index (χ3v) is 4.83. The molecule has 0 spiro atoms. The fraction of sp³-hybridized carbons (Fsp3) is 0.625. The predicted octanol–water partition coefficient (Wildman–Crippen LogP) is 2.10. The molecule has 4 nitrogen and oxygen atoms in total. The normalized spacial score (nSPS) is 22.0. The van der Waals surface area contributed by atoms with Crippen LogP contribution in [0.3, 0.4) is 0 Å². The maximum atomic E-state index is 5.91. The van der Waals surface area contributed by atoms with E-state index in [4.69, 9.17) is 22.9 Å². The fourth-order valence-electron chi connectivity index (χ4n) is 3.42. The number of anilines is 1. The summed E-state index contributed by atoms with van der Waals surface area (Å²) in [5, 5.41) is 3.60. The summed E-state index contributed by atoms with van der Waals surface area (Å²) in [4.78, 5) is 7.75. The fourth-order valence-corrected chi connectivity index (χ4v) is 3.58. The summed E-state index contributed by atoms with van der Waals surface area (Å²) in [6.45, 7) is 5.61.